The Labute approximate surface area is 180 Å². The van der Waals surface area contributed by atoms with Gasteiger partial charge in [-0.05, 0) is 24.5 Å². The average Bonchev–Trinajstić information content (AvgIpc) is 3.56. The number of carbonyl (C=O) groups excluding carboxylic acids is 3. The summed E-state index contributed by atoms with van der Waals surface area (Å²) in [5, 5.41) is 5.96. The summed E-state index contributed by atoms with van der Waals surface area (Å²) >= 11 is 0. The number of pyridine rings is 1. The number of likely N-dealkylation sites (tertiary alicyclic amines) is 1. The van der Waals surface area contributed by atoms with E-state index in [4.69, 9.17) is 0 Å². The average molecular weight is 419 g/mol. The summed E-state index contributed by atoms with van der Waals surface area (Å²) < 4.78 is 0. The van der Waals surface area contributed by atoms with Gasteiger partial charge in [0.05, 0.1) is 24.3 Å². The zero-order chi connectivity index (χ0) is 21.4. The molecule has 1 unspecified atom stereocenters. The van der Waals surface area contributed by atoms with Gasteiger partial charge < -0.3 is 20.4 Å². The van der Waals surface area contributed by atoms with Crippen molar-refractivity contribution in [3.63, 3.8) is 0 Å². The lowest BCUT2D eigenvalue weighted by Gasteiger charge is -2.29. The number of rotatable bonds is 6. The minimum Gasteiger partial charge on any atom is -0.359 e. The first-order valence-electron chi connectivity index (χ1n) is 10.7. The van der Waals surface area contributed by atoms with Crippen LogP contribution in [0, 0.1) is 5.92 Å². The van der Waals surface area contributed by atoms with Gasteiger partial charge in [0.15, 0.2) is 5.82 Å². The van der Waals surface area contributed by atoms with E-state index < -0.39 is 0 Å². The molecule has 1 atom stereocenters. The molecular formula is C23H25N5O3. The van der Waals surface area contributed by atoms with Crippen molar-refractivity contribution in [3.8, 4) is 0 Å². The van der Waals surface area contributed by atoms with E-state index in [1.807, 2.05) is 35.2 Å². The highest BCUT2D eigenvalue weighted by Crippen LogP contribution is 2.33. The normalized spacial score (nSPS) is 20.5. The van der Waals surface area contributed by atoms with Gasteiger partial charge in [-0.2, -0.15) is 0 Å². The summed E-state index contributed by atoms with van der Waals surface area (Å²) in [6, 6.07) is 11.9. The Balaban J connectivity index is 1.27. The lowest BCUT2D eigenvalue weighted by atomic mass is 10.1. The maximum Gasteiger partial charge on any atom is 0.252 e. The molecule has 8 nitrogen and oxygen atoms in total. The first kappa shape index (κ1) is 19.5. The maximum atomic E-state index is 12.8. The number of nitrogens with one attached hydrogen (secondary N) is 2. The van der Waals surface area contributed by atoms with Crippen LogP contribution in [-0.4, -0.2) is 53.3 Å². The largest absolute Gasteiger partial charge is 0.359 e. The number of benzene rings is 1. The third-order valence-corrected chi connectivity index (χ3v) is 6.09. The fourth-order valence-corrected chi connectivity index (χ4v) is 4.27. The van der Waals surface area contributed by atoms with Gasteiger partial charge >= 0.3 is 0 Å². The predicted molar refractivity (Wildman–Crippen MR) is 116 cm³/mol. The van der Waals surface area contributed by atoms with Crippen LogP contribution in [0.5, 0.6) is 0 Å². The van der Waals surface area contributed by atoms with Crippen LogP contribution >= 0.6 is 0 Å². The fourth-order valence-electron chi connectivity index (χ4n) is 4.27. The van der Waals surface area contributed by atoms with Crippen molar-refractivity contribution in [2.24, 2.45) is 5.92 Å². The molecule has 1 saturated heterocycles. The molecule has 31 heavy (non-hydrogen) atoms. The minimum atomic E-state index is -0.245. The Morgan fingerprint density at radius 1 is 1.16 bits per heavy atom. The number of anilines is 2. The Kier molecular flexibility index (Phi) is 5.05. The van der Waals surface area contributed by atoms with E-state index in [0.29, 0.717) is 42.6 Å². The van der Waals surface area contributed by atoms with Crippen molar-refractivity contribution in [3.05, 3.63) is 53.7 Å². The van der Waals surface area contributed by atoms with Crippen LogP contribution in [0.3, 0.4) is 0 Å². The number of fused-ring (bicyclic) bond motifs is 1. The SMILES string of the molecule is O=C(NCC1CC(=O)N(C2CC2)C1)c1cnc2c(c1)N(Cc1ccccc1)C(=O)CN2. The smallest absolute Gasteiger partial charge is 0.252 e. The highest BCUT2D eigenvalue weighted by molar-refractivity contribution is 6.04. The van der Waals surface area contributed by atoms with Crippen molar-refractivity contribution >= 4 is 29.2 Å². The molecule has 3 aliphatic rings. The molecule has 0 bridgehead atoms. The van der Waals surface area contributed by atoms with Gasteiger partial charge in [-0.1, -0.05) is 30.3 Å². The van der Waals surface area contributed by atoms with Crippen LogP contribution in [0.15, 0.2) is 42.6 Å². The molecule has 3 heterocycles. The van der Waals surface area contributed by atoms with Gasteiger partial charge in [0.1, 0.15) is 0 Å². The Hall–Kier alpha value is -3.42. The highest BCUT2D eigenvalue weighted by Gasteiger charge is 2.39. The van der Waals surface area contributed by atoms with E-state index in [-0.39, 0.29) is 30.2 Å². The zero-order valence-corrected chi connectivity index (χ0v) is 17.2. The molecule has 160 valence electrons. The van der Waals surface area contributed by atoms with E-state index in [9.17, 15) is 14.4 Å². The molecule has 2 aromatic rings. The second-order valence-electron chi connectivity index (χ2n) is 8.47. The summed E-state index contributed by atoms with van der Waals surface area (Å²) in [5.74, 6) is 0.609. The summed E-state index contributed by atoms with van der Waals surface area (Å²) in [4.78, 5) is 45.4. The monoisotopic (exact) mass is 419 g/mol. The van der Waals surface area contributed by atoms with Gasteiger partial charge in [0.25, 0.3) is 5.91 Å². The molecule has 1 aromatic carbocycles. The van der Waals surface area contributed by atoms with Gasteiger partial charge in [-0.3, -0.25) is 14.4 Å². The Bertz CT molecular complexity index is 1020. The summed E-state index contributed by atoms with van der Waals surface area (Å²) in [5.41, 5.74) is 2.00. The van der Waals surface area contributed by atoms with E-state index in [1.54, 1.807) is 11.0 Å². The Morgan fingerprint density at radius 2 is 1.97 bits per heavy atom. The van der Waals surface area contributed by atoms with Crippen LogP contribution in [0.2, 0.25) is 0 Å². The fraction of sp³-hybridized carbons (Fsp3) is 0.391. The maximum absolute atomic E-state index is 12.8. The summed E-state index contributed by atoms with van der Waals surface area (Å²) in [6.45, 7) is 1.76. The third kappa shape index (κ3) is 4.10. The number of aromatic nitrogens is 1. The first-order valence-corrected chi connectivity index (χ1v) is 10.7. The Morgan fingerprint density at radius 3 is 2.74 bits per heavy atom. The number of hydrogen-bond acceptors (Lipinski definition) is 5. The van der Waals surface area contributed by atoms with Gasteiger partial charge in [-0.25, -0.2) is 4.98 Å². The molecule has 5 rings (SSSR count). The minimum absolute atomic E-state index is 0.0691. The van der Waals surface area contributed by atoms with E-state index in [1.165, 1.54) is 6.20 Å². The quantitative estimate of drug-likeness (QED) is 0.744. The molecule has 8 heteroatoms. The van der Waals surface area contributed by atoms with Gasteiger partial charge in [-0.15, -0.1) is 0 Å². The van der Waals surface area contributed by atoms with Gasteiger partial charge in [0, 0.05) is 37.7 Å². The zero-order valence-electron chi connectivity index (χ0n) is 17.2. The molecule has 3 amide bonds. The van der Waals surface area contributed by atoms with Crippen LogP contribution < -0.4 is 15.5 Å². The lowest BCUT2D eigenvalue weighted by molar-refractivity contribution is -0.128. The molecular weight excluding hydrogens is 394 g/mol. The molecule has 1 aromatic heterocycles. The number of carbonyl (C=O) groups is 3. The molecule has 0 spiro atoms. The standard InChI is InChI=1S/C23H25N5O3/c29-20-8-16(14-27(20)18-6-7-18)10-26-23(31)17-9-19-22(24-11-17)25-12-21(30)28(19)13-15-4-2-1-3-5-15/h1-5,9,11,16,18H,6-8,10,12-14H2,(H,24,25)(H,26,31). The topological polar surface area (TPSA) is 94.6 Å². The van der Waals surface area contributed by atoms with Crippen molar-refractivity contribution in [1.82, 2.24) is 15.2 Å². The van der Waals surface area contributed by atoms with E-state index in [0.717, 1.165) is 24.9 Å². The predicted octanol–water partition coefficient (Wildman–Crippen LogP) is 1.78. The number of hydrogen-bond donors (Lipinski definition) is 2. The van der Waals surface area contributed by atoms with Crippen molar-refractivity contribution in [1.29, 1.82) is 0 Å². The number of amides is 3. The molecule has 2 fully saturated rings. The highest BCUT2D eigenvalue weighted by atomic mass is 16.2. The molecule has 2 aliphatic heterocycles. The van der Waals surface area contributed by atoms with Crippen molar-refractivity contribution < 1.29 is 14.4 Å². The lowest BCUT2D eigenvalue weighted by Crippen LogP contribution is -2.40. The van der Waals surface area contributed by atoms with Crippen LogP contribution in [0.1, 0.15) is 35.2 Å². The van der Waals surface area contributed by atoms with Crippen LogP contribution in [0.4, 0.5) is 11.5 Å². The molecule has 2 N–H and O–H groups in total. The van der Waals surface area contributed by atoms with Gasteiger partial charge in [0.2, 0.25) is 11.8 Å². The van der Waals surface area contributed by atoms with Crippen molar-refractivity contribution in [2.45, 2.75) is 31.8 Å². The third-order valence-electron chi connectivity index (χ3n) is 6.09. The second kappa shape index (κ2) is 8.02. The summed E-state index contributed by atoms with van der Waals surface area (Å²) in [7, 11) is 0. The molecule has 0 radical (unpaired) electrons. The van der Waals surface area contributed by atoms with Crippen LogP contribution in [-0.2, 0) is 16.1 Å². The van der Waals surface area contributed by atoms with E-state index in [2.05, 4.69) is 15.6 Å². The van der Waals surface area contributed by atoms with Crippen molar-refractivity contribution in [2.75, 3.05) is 29.9 Å². The first-order chi connectivity index (χ1) is 15.1. The van der Waals surface area contributed by atoms with Crippen LogP contribution in [0.25, 0.3) is 0 Å². The molecule has 1 aliphatic carbocycles. The number of nitrogens with zero attached hydrogens (tertiary/aromatic N) is 3. The summed E-state index contributed by atoms with van der Waals surface area (Å²) in [6.07, 6.45) is 4.20. The van der Waals surface area contributed by atoms with E-state index >= 15 is 0 Å². The second-order valence-corrected chi connectivity index (χ2v) is 8.47. The molecule has 1 saturated carbocycles.